The Bertz CT molecular complexity index is 1630. The fraction of sp³-hybridized carbons (Fsp3) is 0.154. The molecular formula is C26H24N4O8S. The summed E-state index contributed by atoms with van der Waals surface area (Å²) in [4.78, 5) is -0.311. The van der Waals surface area contributed by atoms with Crippen molar-refractivity contribution < 1.29 is 37.8 Å². The third-order valence-electron chi connectivity index (χ3n) is 5.26. The van der Waals surface area contributed by atoms with Crippen molar-refractivity contribution in [2.75, 3.05) is 26.4 Å². The van der Waals surface area contributed by atoms with Crippen molar-refractivity contribution in [3.05, 3.63) is 72.8 Å². The molecule has 0 saturated heterocycles. The Labute approximate surface area is 223 Å². The predicted octanol–water partition coefficient (Wildman–Crippen LogP) is 5.37. The van der Waals surface area contributed by atoms with Gasteiger partial charge in [-0.05, 0) is 35.7 Å². The van der Waals surface area contributed by atoms with Crippen molar-refractivity contribution >= 4 is 43.6 Å². The molecule has 0 saturated carbocycles. The highest BCUT2D eigenvalue weighted by Crippen LogP contribution is 2.43. The fourth-order valence-corrected chi connectivity index (χ4v) is 4.01. The topological polar surface area (TPSA) is 183 Å². The van der Waals surface area contributed by atoms with Crippen LogP contribution in [0, 0.1) is 0 Å². The molecule has 0 radical (unpaired) electrons. The van der Waals surface area contributed by atoms with Gasteiger partial charge in [0, 0.05) is 17.5 Å². The van der Waals surface area contributed by atoms with E-state index in [-0.39, 0.29) is 65.6 Å². The lowest BCUT2D eigenvalue weighted by Crippen LogP contribution is -2.04. The van der Waals surface area contributed by atoms with Crippen LogP contribution in [0.5, 0.6) is 17.2 Å². The summed E-state index contributed by atoms with van der Waals surface area (Å²) in [6.45, 7) is -0.640. The summed E-state index contributed by atoms with van der Waals surface area (Å²) in [5.74, 6) is 0.169. The van der Waals surface area contributed by atoms with Gasteiger partial charge in [0.1, 0.15) is 47.5 Å². The minimum absolute atomic E-state index is 0.0353. The summed E-state index contributed by atoms with van der Waals surface area (Å²) in [5.41, 5.74) is 1.05. The number of aliphatic hydroxyl groups is 2. The Balaban J connectivity index is 1.79. The van der Waals surface area contributed by atoms with Gasteiger partial charge in [-0.15, -0.1) is 15.3 Å². The molecule has 13 heteroatoms. The summed E-state index contributed by atoms with van der Waals surface area (Å²) >= 11 is 0. The standard InChI is InChI=1S/C26H24N4O8S/c31-10-12-37-24-16-22(25(38-13-11-32)15-21(24)28-27-18-4-2-1-3-5-18)29-30-26-20-8-7-19(39(34,35)36)14-17(20)6-9-23(26)33/h1-9,14-16,31-33H,10-13H2,(H,34,35,36)/b28-27+,30-29+. The molecule has 4 aromatic carbocycles. The molecule has 0 fully saturated rings. The number of rotatable bonds is 11. The number of azo groups is 2. The molecule has 4 aromatic rings. The molecule has 0 bridgehead atoms. The minimum atomic E-state index is -4.43. The van der Waals surface area contributed by atoms with Gasteiger partial charge in [0.25, 0.3) is 10.1 Å². The van der Waals surface area contributed by atoms with Crippen LogP contribution in [0.1, 0.15) is 0 Å². The van der Waals surface area contributed by atoms with Crippen molar-refractivity contribution in [1.29, 1.82) is 0 Å². The molecule has 0 heterocycles. The van der Waals surface area contributed by atoms with Crippen LogP contribution in [-0.2, 0) is 10.1 Å². The number of nitrogens with zero attached hydrogens (tertiary/aromatic N) is 4. The number of hydrogen-bond acceptors (Lipinski definition) is 11. The Hall–Kier alpha value is -4.43. The van der Waals surface area contributed by atoms with Gasteiger partial charge in [-0.3, -0.25) is 4.55 Å². The average molecular weight is 553 g/mol. The molecule has 0 aliphatic rings. The average Bonchev–Trinajstić information content (AvgIpc) is 2.93. The SMILES string of the molecule is O=S(=O)(O)c1ccc2c(/N=N/c3cc(OCCO)c(/N=N/c4ccccc4)cc3OCCO)c(O)ccc2c1. The Morgan fingerprint density at radius 2 is 1.33 bits per heavy atom. The molecule has 0 aliphatic carbocycles. The first-order valence-electron chi connectivity index (χ1n) is 11.6. The van der Waals surface area contributed by atoms with E-state index in [9.17, 15) is 28.3 Å². The van der Waals surface area contributed by atoms with Crippen LogP contribution in [0.2, 0.25) is 0 Å². The first-order chi connectivity index (χ1) is 18.8. The highest BCUT2D eigenvalue weighted by atomic mass is 32.2. The van der Waals surface area contributed by atoms with Crippen LogP contribution in [-0.4, -0.2) is 54.7 Å². The largest absolute Gasteiger partial charge is 0.506 e. The number of phenolic OH excluding ortho intramolecular Hbond substituents is 1. The van der Waals surface area contributed by atoms with Crippen LogP contribution >= 0.6 is 0 Å². The Morgan fingerprint density at radius 3 is 1.92 bits per heavy atom. The van der Waals surface area contributed by atoms with E-state index in [4.69, 9.17) is 9.47 Å². The van der Waals surface area contributed by atoms with Gasteiger partial charge in [-0.1, -0.05) is 30.3 Å². The third kappa shape index (κ3) is 6.91. The zero-order chi connectivity index (χ0) is 27.8. The van der Waals surface area contributed by atoms with Gasteiger partial charge in [-0.2, -0.15) is 13.5 Å². The molecule has 0 aromatic heterocycles. The lowest BCUT2D eigenvalue weighted by atomic mass is 10.1. The van der Waals surface area contributed by atoms with Crippen LogP contribution in [0.4, 0.5) is 22.7 Å². The molecular weight excluding hydrogens is 528 g/mol. The second-order valence-electron chi connectivity index (χ2n) is 7.96. The van der Waals surface area contributed by atoms with Crippen LogP contribution in [0.15, 0.2) is 98.1 Å². The zero-order valence-corrected chi connectivity index (χ0v) is 21.2. The molecule has 0 amide bonds. The van der Waals surface area contributed by atoms with Gasteiger partial charge in [0.05, 0.1) is 23.8 Å². The van der Waals surface area contributed by atoms with Gasteiger partial charge in [-0.25, -0.2) is 0 Å². The van der Waals surface area contributed by atoms with Crippen molar-refractivity contribution in [1.82, 2.24) is 0 Å². The van der Waals surface area contributed by atoms with Gasteiger partial charge >= 0.3 is 0 Å². The van der Waals surface area contributed by atoms with E-state index in [0.29, 0.717) is 16.5 Å². The zero-order valence-electron chi connectivity index (χ0n) is 20.4. The monoisotopic (exact) mass is 552 g/mol. The number of aromatic hydroxyl groups is 1. The Morgan fingerprint density at radius 1 is 0.718 bits per heavy atom. The summed E-state index contributed by atoms with van der Waals surface area (Å²) in [6.07, 6.45) is 0. The fourth-order valence-electron chi connectivity index (χ4n) is 3.49. The maximum Gasteiger partial charge on any atom is 0.294 e. The molecule has 4 rings (SSSR count). The maximum absolute atomic E-state index is 11.5. The van der Waals surface area contributed by atoms with Crippen LogP contribution < -0.4 is 9.47 Å². The molecule has 0 atom stereocenters. The molecule has 12 nitrogen and oxygen atoms in total. The van der Waals surface area contributed by atoms with Crippen molar-refractivity contribution in [2.24, 2.45) is 20.5 Å². The van der Waals surface area contributed by atoms with Crippen molar-refractivity contribution in [3.8, 4) is 17.2 Å². The van der Waals surface area contributed by atoms with E-state index in [2.05, 4.69) is 20.5 Å². The number of aliphatic hydroxyl groups excluding tert-OH is 2. The van der Waals surface area contributed by atoms with Crippen LogP contribution in [0.3, 0.4) is 0 Å². The third-order valence-corrected chi connectivity index (χ3v) is 6.11. The minimum Gasteiger partial charge on any atom is -0.506 e. The number of ether oxygens (including phenoxy) is 2. The van der Waals surface area contributed by atoms with E-state index in [1.807, 2.05) is 18.2 Å². The second-order valence-corrected chi connectivity index (χ2v) is 9.38. The van der Waals surface area contributed by atoms with E-state index in [1.54, 1.807) is 12.1 Å². The lowest BCUT2D eigenvalue weighted by Gasteiger charge is -2.12. The quantitative estimate of drug-likeness (QED) is 0.141. The summed E-state index contributed by atoms with van der Waals surface area (Å²) in [7, 11) is -4.43. The lowest BCUT2D eigenvalue weighted by molar-refractivity contribution is 0.198. The molecule has 39 heavy (non-hydrogen) atoms. The van der Waals surface area contributed by atoms with E-state index in [1.165, 1.54) is 42.5 Å². The smallest absolute Gasteiger partial charge is 0.294 e. The normalized spacial score (nSPS) is 12.0. The number of hydrogen-bond donors (Lipinski definition) is 4. The van der Waals surface area contributed by atoms with Gasteiger partial charge in [0.2, 0.25) is 0 Å². The molecule has 0 spiro atoms. The molecule has 0 aliphatic heterocycles. The van der Waals surface area contributed by atoms with E-state index >= 15 is 0 Å². The highest BCUT2D eigenvalue weighted by Gasteiger charge is 2.16. The van der Waals surface area contributed by atoms with Crippen molar-refractivity contribution in [3.63, 3.8) is 0 Å². The summed E-state index contributed by atoms with van der Waals surface area (Å²) in [6, 6.07) is 18.5. The number of fused-ring (bicyclic) bond motifs is 1. The predicted molar refractivity (Wildman–Crippen MR) is 142 cm³/mol. The molecule has 0 unspecified atom stereocenters. The van der Waals surface area contributed by atoms with E-state index in [0.717, 1.165) is 0 Å². The van der Waals surface area contributed by atoms with Gasteiger partial charge in [0.15, 0.2) is 0 Å². The second kappa shape index (κ2) is 12.4. The van der Waals surface area contributed by atoms with E-state index < -0.39 is 10.1 Å². The number of phenols is 1. The maximum atomic E-state index is 11.5. The Kier molecular flexibility index (Phi) is 8.78. The summed E-state index contributed by atoms with van der Waals surface area (Å²) in [5, 5.41) is 46.6. The highest BCUT2D eigenvalue weighted by molar-refractivity contribution is 7.85. The first kappa shape index (κ1) is 27.6. The number of benzene rings is 4. The van der Waals surface area contributed by atoms with Crippen molar-refractivity contribution in [2.45, 2.75) is 4.90 Å². The molecule has 202 valence electrons. The molecule has 4 N–H and O–H groups in total. The first-order valence-corrected chi connectivity index (χ1v) is 13.0. The summed E-state index contributed by atoms with van der Waals surface area (Å²) < 4.78 is 43.6. The van der Waals surface area contributed by atoms with Gasteiger partial charge < -0.3 is 24.8 Å². The van der Waals surface area contributed by atoms with Crippen LogP contribution in [0.25, 0.3) is 10.8 Å².